The van der Waals surface area contributed by atoms with E-state index < -0.39 is 0 Å². The first-order valence-electron chi connectivity index (χ1n) is 5.57. The van der Waals surface area contributed by atoms with Crippen molar-refractivity contribution in [3.63, 3.8) is 0 Å². The maximum Gasteiger partial charge on any atom is 0.134 e. The van der Waals surface area contributed by atoms with Crippen LogP contribution in [0.15, 0.2) is 28.7 Å². The Balaban J connectivity index is 2.37. The Morgan fingerprint density at radius 1 is 1.41 bits per heavy atom. The highest BCUT2D eigenvalue weighted by molar-refractivity contribution is 5.82. The SMILES string of the molecule is C#CCN(C)Cc1oc2ccccc2c1CN. The van der Waals surface area contributed by atoms with Gasteiger partial charge >= 0.3 is 0 Å². The monoisotopic (exact) mass is 228 g/mol. The van der Waals surface area contributed by atoms with Crippen molar-refractivity contribution in [1.29, 1.82) is 0 Å². The Hall–Kier alpha value is -1.76. The van der Waals surface area contributed by atoms with Crippen molar-refractivity contribution in [3.8, 4) is 12.3 Å². The molecule has 2 rings (SSSR count). The lowest BCUT2D eigenvalue weighted by molar-refractivity contribution is 0.330. The number of nitrogens with zero attached hydrogens (tertiary/aromatic N) is 1. The predicted molar refractivity (Wildman–Crippen MR) is 69.3 cm³/mol. The van der Waals surface area contributed by atoms with Gasteiger partial charge in [0.1, 0.15) is 11.3 Å². The molecule has 2 N–H and O–H groups in total. The maximum absolute atomic E-state index is 5.82. The molecule has 0 aliphatic heterocycles. The van der Waals surface area contributed by atoms with Gasteiger partial charge in [-0.05, 0) is 13.1 Å². The van der Waals surface area contributed by atoms with Gasteiger partial charge in [-0.25, -0.2) is 0 Å². The summed E-state index contributed by atoms with van der Waals surface area (Å²) >= 11 is 0. The largest absolute Gasteiger partial charge is 0.459 e. The molecule has 1 heterocycles. The molecule has 1 aromatic carbocycles. The Morgan fingerprint density at radius 2 is 2.18 bits per heavy atom. The van der Waals surface area contributed by atoms with Crippen LogP contribution in [0, 0.1) is 12.3 Å². The molecule has 88 valence electrons. The number of furan rings is 1. The summed E-state index contributed by atoms with van der Waals surface area (Å²) in [6.45, 7) is 1.77. The normalized spacial score (nSPS) is 10.9. The van der Waals surface area contributed by atoms with E-state index in [0.29, 0.717) is 19.6 Å². The zero-order chi connectivity index (χ0) is 12.3. The van der Waals surface area contributed by atoms with Crippen LogP contribution in [0.2, 0.25) is 0 Å². The molecule has 0 unspecified atom stereocenters. The van der Waals surface area contributed by atoms with Crippen LogP contribution in [0.25, 0.3) is 11.0 Å². The molecule has 0 spiro atoms. The molecular formula is C14H16N2O. The highest BCUT2D eigenvalue weighted by atomic mass is 16.3. The summed E-state index contributed by atoms with van der Waals surface area (Å²) in [6.07, 6.45) is 5.28. The topological polar surface area (TPSA) is 42.4 Å². The van der Waals surface area contributed by atoms with Gasteiger partial charge in [0, 0.05) is 17.5 Å². The van der Waals surface area contributed by atoms with Crippen molar-refractivity contribution in [1.82, 2.24) is 4.90 Å². The van der Waals surface area contributed by atoms with Crippen LogP contribution in [0.4, 0.5) is 0 Å². The van der Waals surface area contributed by atoms with E-state index in [-0.39, 0.29) is 0 Å². The lowest BCUT2D eigenvalue weighted by Crippen LogP contribution is -2.18. The van der Waals surface area contributed by atoms with Crippen molar-refractivity contribution in [2.45, 2.75) is 13.1 Å². The van der Waals surface area contributed by atoms with Crippen LogP contribution in [0.3, 0.4) is 0 Å². The van der Waals surface area contributed by atoms with Gasteiger partial charge in [0.25, 0.3) is 0 Å². The van der Waals surface area contributed by atoms with Crippen molar-refractivity contribution in [3.05, 3.63) is 35.6 Å². The first-order chi connectivity index (χ1) is 8.26. The van der Waals surface area contributed by atoms with Crippen molar-refractivity contribution < 1.29 is 4.42 Å². The van der Waals surface area contributed by atoms with Crippen LogP contribution >= 0.6 is 0 Å². The summed E-state index contributed by atoms with van der Waals surface area (Å²) < 4.78 is 5.82. The second kappa shape index (κ2) is 5.05. The second-order valence-corrected chi connectivity index (χ2v) is 4.08. The van der Waals surface area contributed by atoms with Gasteiger partial charge < -0.3 is 10.2 Å². The van der Waals surface area contributed by atoms with Crippen LogP contribution in [0.1, 0.15) is 11.3 Å². The quantitative estimate of drug-likeness (QED) is 0.813. The number of terminal acetylenes is 1. The lowest BCUT2D eigenvalue weighted by atomic mass is 10.1. The fourth-order valence-corrected chi connectivity index (χ4v) is 1.96. The maximum atomic E-state index is 5.82. The van der Waals surface area contributed by atoms with Gasteiger partial charge in [0.05, 0.1) is 13.1 Å². The van der Waals surface area contributed by atoms with Gasteiger partial charge in [-0.1, -0.05) is 24.1 Å². The molecule has 0 aliphatic carbocycles. The molecule has 0 fully saturated rings. The van der Waals surface area contributed by atoms with E-state index in [4.69, 9.17) is 16.6 Å². The smallest absolute Gasteiger partial charge is 0.134 e. The molecule has 0 radical (unpaired) electrons. The third-order valence-electron chi connectivity index (χ3n) is 2.76. The fourth-order valence-electron chi connectivity index (χ4n) is 1.96. The number of nitrogens with two attached hydrogens (primary N) is 1. The molecule has 1 aromatic heterocycles. The zero-order valence-electron chi connectivity index (χ0n) is 9.94. The Kier molecular flexibility index (Phi) is 3.48. The zero-order valence-corrected chi connectivity index (χ0v) is 9.94. The van der Waals surface area contributed by atoms with E-state index in [1.807, 2.05) is 36.2 Å². The molecular weight excluding hydrogens is 212 g/mol. The fraction of sp³-hybridized carbons (Fsp3) is 0.286. The van der Waals surface area contributed by atoms with Crippen LogP contribution < -0.4 is 5.73 Å². The van der Waals surface area contributed by atoms with Crippen LogP contribution in [-0.4, -0.2) is 18.5 Å². The van der Waals surface area contributed by atoms with Gasteiger partial charge in [0.2, 0.25) is 0 Å². The summed E-state index contributed by atoms with van der Waals surface area (Å²) in [4.78, 5) is 2.02. The lowest BCUT2D eigenvalue weighted by Gasteiger charge is -2.11. The number of rotatable bonds is 4. The van der Waals surface area contributed by atoms with E-state index in [9.17, 15) is 0 Å². The van der Waals surface area contributed by atoms with Crippen LogP contribution in [0.5, 0.6) is 0 Å². The van der Waals surface area contributed by atoms with E-state index in [2.05, 4.69) is 5.92 Å². The van der Waals surface area contributed by atoms with Gasteiger partial charge in [-0.2, -0.15) is 0 Å². The van der Waals surface area contributed by atoms with Crippen molar-refractivity contribution in [2.75, 3.05) is 13.6 Å². The average molecular weight is 228 g/mol. The molecule has 0 saturated heterocycles. The molecule has 2 aromatic rings. The summed E-state index contributed by atoms with van der Waals surface area (Å²) in [5.74, 6) is 3.52. The van der Waals surface area contributed by atoms with Gasteiger partial charge in [-0.3, -0.25) is 4.90 Å². The van der Waals surface area contributed by atoms with Crippen LogP contribution in [-0.2, 0) is 13.1 Å². The third kappa shape index (κ3) is 2.33. The molecule has 0 bridgehead atoms. The first kappa shape index (κ1) is 11.7. The van der Waals surface area contributed by atoms with Crippen molar-refractivity contribution in [2.24, 2.45) is 5.73 Å². The summed E-state index contributed by atoms with van der Waals surface area (Å²) in [7, 11) is 1.97. The molecule has 0 saturated carbocycles. The molecule has 3 heteroatoms. The third-order valence-corrected chi connectivity index (χ3v) is 2.76. The molecule has 0 amide bonds. The summed E-state index contributed by atoms with van der Waals surface area (Å²) in [5, 5.41) is 1.10. The van der Waals surface area contributed by atoms with Gasteiger partial charge in [-0.15, -0.1) is 6.42 Å². The number of fused-ring (bicyclic) bond motifs is 1. The average Bonchev–Trinajstić information content (AvgIpc) is 2.66. The van der Waals surface area contributed by atoms with Crippen molar-refractivity contribution >= 4 is 11.0 Å². The standard InChI is InChI=1S/C14H16N2O/c1-3-8-16(2)10-14-12(9-15)11-6-4-5-7-13(11)17-14/h1,4-7H,8-10,15H2,2H3. The summed E-state index contributed by atoms with van der Waals surface area (Å²) in [6, 6.07) is 7.94. The minimum absolute atomic E-state index is 0.482. The molecule has 0 atom stereocenters. The Labute approximate surface area is 101 Å². The highest BCUT2D eigenvalue weighted by Gasteiger charge is 2.13. The van der Waals surface area contributed by atoms with E-state index >= 15 is 0 Å². The number of benzene rings is 1. The number of para-hydroxylation sites is 1. The minimum Gasteiger partial charge on any atom is -0.459 e. The van der Waals surface area contributed by atoms with E-state index in [1.54, 1.807) is 0 Å². The highest BCUT2D eigenvalue weighted by Crippen LogP contribution is 2.26. The molecule has 3 nitrogen and oxygen atoms in total. The van der Waals surface area contributed by atoms with E-state index in [1.165, 1.54) is 0 Å². The number of hydrogen-bond acceptors (Lipinski definition) is 3. The Morgan fingerprint density at radius 3 is 2.88 bits per heavy atom. The Bertz CT molecular complexity index is 551. The first-order valence-corrected chi connectivity index (χ1v) is 5.57. The predicted octanol–water partition coefficient (Wildman–Crippen LogP) is 1.96. The second-order valence-electron chi connectivity index (χ2n) is 4.08. The van der Waals surface area contributed by atoms with Gasteiger partial charge in [0.15, 0.2) is 0 Å². The molecule has 0 aliphatic rings. The van der Waals surface area contributed by atoms with E-state index in [0.717, 1.165) is 22.3 Å². The summed E-state index contributed by atoms with van der Waals surface area (Å²) in [5.41, 5.74) is 7.75. The molecule has 17 heavy (non-hydrogen) atoms. The minimum atomic E-state index is 0.482. The number of hydrogen-bond donors (Lipinski definition) is 1.